The highest BCUT2D eigenvalue weighted by Gasteiger charge is 2.37. The van der Waals surface area contributed by atoms with Crippen molar-refractivity contribution in [3.05, 3.63) is 33.8 Å². The van der Waals surface area contributed by atoms with Crippen molar-refractivity contribution in [1.82, 2.24) is 5.32 Å². The molecule has 1 rings (SSSR count). The van der Waals surface area contributed by atoms with Gasteiger partial charge in [-0.25, -0.2) is 0 Å². The zero-order valence-electron chi connectivity index (χ0n) is 11.3. The number of alkyl halides is 3. The number of hydrogen-bond acceptors (Lipinski definition) is 3. The summed E-state index contributed by atoms with van der Waals surface area (Å²) in [4.78, 5) is 11.5. The zero-order chi connectivity index (χ0) is 16.8. The van der Waals surface area contributed by atoms with E-state index in [1.165, 1.54) is 11.8 Å². The number of amides is 1. The van der Waals surface area contributed by atoms with Crippen LogP contribution in [0.4, 0.5) is 13.2 Å². The minimum absolute atomic E-state index is 0.0844. The molecule has 0 saturated heterocycles. The van der Waals surface area contributed by atoms with Crippen LogP contribution in [0.5, 0.6) is 0 Å². The van der Waals surface area contributed by atoms with Crippen molar-refractivity contribution >= 4 is 40.9 Å². The molecule has 0 unspecified atom stereocenters. The molecule has 0 aromatic heterocycles. The van der Waals surface area contributed by atoms with Gasteiger partial charge in [-0.2, -0.15) is 13.2 Å². The van der Waals surface area contributed by atoms with E-state index < -0.39 is 24.6 Å². The number of thioether (sulfide) groups is 1. The van der Waals surface area contributed by atoms with Crippen molar-refractivity contribution in [2.24, 2.45) is 0 Å². The lowest BCUT2D eigenvalue weighted by atomic mass is 10.2. The van der Waals surface area contributed by atoms with E-state index in [-0.39, 0.29) is 12.3 Å². The van der Waals surface area contributed by atoms with Crippen LogP contribution in [0.2, 0.25) is 10.0 Å². The van der Waals surface area contributed by atoms with Gasteiger partial charge < -0.3 is 10.4 Å². The largest absolute Gasteiger partial charge is 0.414 e. The highest BCUT2D eigenvalue weighted by Crippen LogP contribution is 2.24. The lowest BCUT2D eigenvalue weighted by molar-refractivity contribution is -0.205. The average Bonchev–Trinajstić information content (AvgIpc) is 2.40. The van der Waals surface area contributed by atoms with Crippen LogP contribution in [0, 0.1) is 0 Å². The van der Waals surface area contributed by atoms with Gasteiger partial charge >= 0.3 is 6.18 Å². The normalized spacial score (nSPS) is 13.0. The quantitative estimate of drug-likeness (QED) is 0.764. The van der Waals surface area contributed by atoms with E-state index >= 15 is 0 Å². The molecule has 0 bridgehead atoms. The zero-order valence-corrected chi connectivity index (χ0v) is 13.6. The summed E-state index contributed by atoms with van der Waals surface area (Å²) in [6, 6.07) is 5.02. The Balaban J connectivity index is 2.24. The fraction of sp³-hybridized carbons (Fsp3) is 0.462. The van der Waals surface area contributed by atoms with Crippen molar-refractivity contribution in [3.8, 4) is 0 Å². The molecule has 9 heteroatoms. The Labute approximate surface area is 140 Å². The topological polar surface area (TPSA) is 49.3 Å². The van der Waals surface area contributed by atoms with Gasteiger partial charge in [0.15, 0.2) is 6.10 Å². The van der Waals surface area contributed by atoms with E-state index in [4.69, 9.17) is 28.3 Å². The van der Waals surface area contributed by atoms with Crippen molar-refractivity contribution in [2.45, 2.75) is 24.5 Å². The average molecular weight is 376 g/mol. The number of nitrogens with one attached hydrogen (secondary N) is 1. The first kappa shape index (κ1) is 19.4. The van der Waals surface area contributed by atoms with E-state index in [2.05, 4.69) is 5.32 Å². The molecule has 22 heavy (non-hydrogen) atoms. The number of carbonyl (C=O) groups is 1. The maximum atomic E-state index is 12.0. The Bertz CT molecular complexity index is 515. The highest BCUT2D eigenvalue weighted by molar-refractivity contribution is 7.99. The first-order chi connectivity index (χ1) is 10.2. The van der Waals surface area contributed by atoms with E-state index in [0.717, 1.165) is 5.56 Å². The summed E-state index contributed by atoms with van der Waals surface area (Å²) in [6.07, 6.45) is -7.65. The van der Waals surface area contributed by atoms with Crippen LogP contribution in [-0.2, 0) is 10.5 Å². The fourth-order valence-electron chi connectivity index (χ4n) is 1.46. The molecule has 0 spiro atoms. The van der Waals surface area contributed by atoms with Crippen molar-refractivity contribution < 1.29 is 23.1 Å². The lowest BCUT2D eigenvalue weighted by Crippen LogP contribution is -2.34. The third-order valence-electron chi connectivity index (χ3n) is 2.62. The summed E-state index contributed by atoms with van der Waals surface area (Å²) in [5, 5.41) is 12.1. The Morgan fingerprint density at radius 1 is 1.36 bits per heavy atom. The molecule has 1 aromatic rings. The van der Waals surface area contributed by atoms with E-state index in [1.807, 2.05) is 0 Å². The Hall–Kier alpha value is -0.630. The minimum Gasteiger partial charge on any atom is -0.384 e. The fourth-order valence-corrected chi connectivity index (χ4v) is 2.87. The molecule has 0 fully saturated rings. The van der Waals surface area contributed by atoms with E-state index in [0.29, 0.717) is 15.8 Å². The summed E-state index contributed by atoms with van der Waals surface area (Å²) in [5.41, 5.74) is 0.816. The molecule has 0 saturated carbocycles. The van der Waals surface area contributed by atoms with Crippen LogP contribution < -0.4 is 5.32 Å². The second kappa shape index (κ2) is 8.86. The van der Waals surface area contributed by atoms with Crippen LogP contribution in [-0.4, -0.2) is 35.6 Å². The molecule has 2 N–H and O–H groups in total. The smallest absolute Gasteiger partial charge is 0.384 e. The van der Waals surface area contributed by atoms with Crippen molar-refractivity contribution in [3.63, 3.8) is 0 Å². The number of rotatable bonds is 7. The molecule has 3 nitrogen and oxygen atoms in total. The Kier molecular flexibility index (Phi) is 7.82. The molecule has 1 amide bonds. The number of carbonyl (C=O) groups excluding carboxylic acids is 1. The minimum atomic E-state index is -4.66. The van der Waals surface area contributed by atoms with Gasteiger partial charge in [-0.1, -0.05) is 29.3 Å². The molecular formula is C13H14Cl2F3NO2S. The third kappa shape index (κ3) is 7.09. The van der Waals surface area contributed by atoms with Gasteiger partial charge in [-0.3, -0.25) is 4.79 Å². The SMILES string of the molecule is O=C(CSCc1ccc(Cl)cc1Cl)NCC[C@H](O)C(F)(F)F. The van der Waals surface area contributed by atoms with E-state index in [9.17, 15) is 18.0 Å². The molecule has 1 aromatic carbocycles. The van der Waals surface area contributed by atoms with Gasteiger partial charge in [0.05, 0.1) is 5.75 Å². The summed E-state index contributed by atoms with van der Waals surface area (Å²) in [6.45, 7) is -0.234. The van der Waals surface area contributed by atoms with Crippen LogP contribution in [0.25, 0.3) is 0 Å². The molecule has 0 aliphatic heterocycles. The molecule has 0 aliphatic rings. The number of aliphatic hydroxyl groups excluding tert-OH is 1. The summed E-state index contributed by atoms with van der Waals surface area (Å²) >= 11 is 13.0. The van der Waals surface area contributed by atoms with Gasteiger partial charge in [0.1, 0.15) is 0 Å². The maximum absolute atomic E-state index is 12.0. The first-order valence-corrected chi connectivity index (χ1v) is 8.14. The predicted molar refractivity (Wildman–Crippen MR) is 82.3 cm³/mol. The van der Waals surface area contributed by atoms with E-state index in [1.54, 1.807) is 18.2 Å². The number of halogens is 5. The molecular weight excluding hydrogens is 362 g/mol. The predicted octanol–water partition coefficient (Wildman–Crippen LogP) is 3.66. The van der Waals surface area contributed by atoms with Gasteiger partial charge in [0.2, 0.25) is 5.91 Å². The van der Waals surface area contributed by atoms with Crippen LogP contribution in [0.3, 0.4) is 0 Å². The molecule has 124 valence electrons. The van der Waals surface area contributed by atoms with Crippen molar-refractivity contribution in [1.29, 1.82) is 0 Å². The molecule has 1 atom stereocenters. The van der Waals surface area contributed by atoms with Crippen molar-refractivity contribution in [2.75, 3.05) is 12.3 Å². The van der Waals surface area contributed by atoms with Gasteiger partial charge in [0.25, 0.3) is 0 Å². The highest BCUT2D eigenvalue weighted by atomic mass is 35.5. The summed E-state index contributed by atoms with van der Waals surface area (Å²) < 4.78 is 36.1. The third-order valence-corrected chi connectivity index (χ3v) is 4.19. The second-order valence-corrected chi connectivity index (χ2v) is 6.25. The van der Waals surface area contributed by atoms with Gasteiger partial charge in [-0.15, -0.1) is 11.8 Å². The van der Waals surface area contributed by atoms with Crippen LogP contribution in [0.1, 0.15) is 12.0 Å². The monoisotopic (exact) mass is 375 g/mol. The number of hydrogen-bond donors (Lipinski definition) is 2. The molecule has 0 aliphatic carbocycles. The standard InChI is InChI=1S/C13H14Cl2F3NO2S/c14-9-2-1-8(10(15)5-9)6-22-7-12(21)19-4-3-11(20)13(16,17)18/h1-2,5,11,20H,3-4,6-7H2,(H,19,21)/t11-/m0/s1. The number of benzene rings is 1. The number of aliphatic hydroxyl groups is 1. The maximum Gasteiger partial charge on any atom is 0.414 e. The molecule has 0 radical (unpaired) electrons. The molecule has 0 heterocycles. The first-order valence-electron chi connectivity index (χ1n) is 6.23. The lowest BCUT2D eigenvalue weighted by Gasteiger charge is -2.14. The Morgan fingerprint density at radius 2 is 2.05 bits per heavy atom. The van der Waals surface area contributed by atoms with Crippen LogP contribution in [0.15, 0.2) is 18.2 Å². The Morgan fingerprint density at radius 3 is 2.64 bits per heavy atom. The van der Waals surface area contributed by atoms with Gasteiger partial charge in [-0.05, 0) is 24.1 Å². The second-order valence-electron chi connectivity index (χ2n) is 4.42. The summed E-state index contributed by atoms with van der Waals surface area (Å²) in [5.74, 6) is 0.166. The van der Waals surface area contributed by atoms with Gasteiger partial charge in [0, 0.05) is 22.3 Å². The van der Waals surface area contributed by atoms with Crippen LogP contribution >= 0.6 is 35.0 Å². The summed E-state index contributed by atoms with van der Waals surface area (Å²) in [7, 11) is 0.